The fourth-order valence-electron chi connectivity index (χ4n) is 2.38. The predicted molar refractivity (Wildman–Crippen MR) is 79.8 cm³/mol. The zero-order chi connectivity index (χ0) is 17.3. The number of hydrogen-bond donors (Lipinski definition) is 4. The first-order chi connectivity index (χ1) is 10.8. The molecule has 0 aliphatic rings. The molecule has 2 rings (SSSR count). The van der Waals surface area contributed by atoms with Gasteiger partial charge in [0, 0.05) is 28.9 Å². The Morgan fingerprint density at radius 2 is 1.22 bits per heavy atom. The van der Waals surface area contributed by atoms with Crippen LogP contribution in [0.5, 0.6) is 0 Å². The van der Waals surface area contributed by atoms with Gasteiger partial charge >= 0.3 is 11.9 Å². The minimum absolute atomic E-state index is 0.0620. The lowest BCUT2D eigenvalue weighted by Crippen LogP contribution is -2.21. The topological polar surface area (TPSA) is 147 Å². The van der Waals surface area contributed by atoms with Crippen LogP contribution in [-0.4, -0.2) is 41.0 Å². The van der Waals surface area contributed by atoms with Gasteiger partial charge in [0.1, 0.15) is 0 Å². The first kappa shape index (κ1) is 16.0. The van der Waals surface area contributed by atoms with E-state index in [0.29, 0.717) is 0 Å². The van der Waals surface area contributed by atoms with Crippen LogP contribution in [0.1, 0.15) is 41.4 Å². The van der Waals surface area contributed by atoms with E-state index in [2.05, 4.69) is 5.32 Å². The normalized spacial score (nSPS) is 10.3. The average molecular weight is 316 g/mol. The lowest BCUT2D eigenvalue weighted by Gasteiger charge is -2.13. The third kappa shape index (κ3) is 2.57. The van der Waals surface area contributed by atoms with Crippen LogP contribution >= 0.6 is 0 Å². The molecule has 0 aliphatic carbocycles. The van der Waals surface area contributed by atoms with Crippen molar-refractivity contribution < 1.29 is 29.4 Å². The summed E-state index contributed by atoms with van der Waals surface area (Å²) in [5, 5.41) is 20.7. The molecule has 0 saturated heterocycles. The van der Waals surface area contributed by atoms with Gasteiger partial charge < -0.3 is 21.3 Å². The summed E-state index contributed by atoms with van der Waals surface area (Å²) in [6.07, 6.45) is 0. The first-order valence-corrected chi connectivity index (χ1v) is 6.37. The molecule has 0 saturated carbocycles. The largest absolute Gasteiger partial charge is 0.478 e. The number of aromatic carboxylic acids is 2. The molecule has 5 N–H and O–H groups in total. The molecular formula is C15H12N2O6. The number of nitrogens with two attached hydrogens (primary N) is 1. The van der Waals surface area contributed by atoms with Crippen LogP contribution in [0.15, 0.2) is 24.3 Å². The molecule has 2 amide bonds. The van der Waals surface area contributed by atoms with Crippen molar-refractivity contribution in [2.45, 2.75) is 0 Å². The van der Waals surface area contributed by atoms with Crippen molar-refractivity contribution in [3.05, 3.63) is 46.5 Å². The van der Waals surface area contributed by atoms with Crippen LogP contribution in [0.3, 0.4) is 0 Å². The van der Waals surface area contributed by atoms with Gasteiger partial charge in [-0.05, 0) is 24.3 Å². The summed E-state index contributed by atoms with van der Waals surface area (Å²) in [7, 11) is 1.34. The first-order valence-electron chi connectivity index (χ1n) is 6.37. The molecule has 0 aromatic heterocycles. The summed E-state index contributed by atoms with van der Waals surface area (Å²) < 4.78 is 0. The fraction of sp³-hybridized carbons (Fsp3) is 0.0667. The molecule has 2 aromatic carbocycles. The molecule has 0 spiro atoms. The van der Waals surface area contributed by atoms with Crippen molar-refractivity contribution in [3.8, 4) is 0 Å². The second kappa shape index (κ2) is 5.76. The molecular weight excluding hydrogens is 304 g/mol. The lowest BCUT2D eigenvalue weighted by molar-refractivity contribution is 0.0686. The number of hydrogen-bond acceptors (Lipinski definition) is 4. The SMILES string of the molecule is CNC(=O)c1ccc(C(=O)O)c2c(C(N)=O)ccc(C(=O)O)c12. The number of rotatable bonds is 4. The number of carboxylic acids is 2. The lowest BCUT2D eigenvalue weighted by atomic mass is 9.91. The molecule has 8 nitrogen and oxygen atoms in total. The third-order valence-corrected chi connectivity index (χ3v) is 3.36. The van der Waals surface area contributed by atoms with Crippen LogP contribution in [-0.2, 0) is 0 Å². The average Bonchev–Trinajstić information content (AvgIpc) is 2.51. The quantitative estimate of drug-likeness (QED) is 0.652. The maximum Gasteiger partial charge on any atom is 0.336 e. The van der Waals surface area contributed by atoms with Crippen molar-refractivity contribution in [2.75, 3.05) is 7.05 Å². The standard InChI is InChI=1S/C15H12N2O6/c1-17-13(19)7-3-5-8(14(20)21)10-6(12(16)18)2-4-9(11(7)10)15(22)23/h2-5H,1H3,(H2,16,18)(H,17,19)(H,20,21)(H,22,23). The zero-order valence-corrected chi connectivity index (χ0v) is 11.9. The van der Waals surface area contributed by atoms with Gasteiger partial charge in [0.2, 0.25) is 5.91 Å². The van der Waals surface area contributed by atoms with E-state index >= 15 is 0 Å². The Morgan fingerprint density at radius 1 is 0.826 bits per heavy atom. The van der Waals surface area contributed by atoms with Crippen molar-refractivity contribution >= 4 is 34.5 Å². The molecule has 8 heteroatoms. The Balaban J connectivity index is 3.14. The molecule has 0 bridgehead atoms. The molecule has 0 unspecified atom stereocenters. The van der Waals surface area contributed by atoms with Gasteiger partial charge in [0.05, 0.1) is 11.1 Å². The molecule has 0 radical (unpaired) electrons. The van der Waals surface area contributed by atoms with Gasteiger partial charge in [-0.3, -0.25) is 9.59 Å². The summed E-state index contributed by atoms with van der Waals surface area (Å²) in [6, 6.07) is 4.58. The summed E-state index contributed by atoms with van der Waals surface area (Å²) in [4.78, 5) is 46.5. The number of carboxylic acid groups (broad SMARTS) is 2. The second-order valence-electron chi connectivity index (χ2n) is 4.63. The number of carbonyl (C=O) groups is 4. The van der Waals surface area contributed by atoms with Crippen LogP contribution in [0.2, 0.25) is 0 Å². The van der Waals surface area contributed by atoms with E-state index in [1.165, 1.54) is 13.1 Å². The van der Waals surface area contributed by atoms with Crippen LogP contribution in [0.25, 0.3) is 10.8 Å². The highest BCUT2D eigenvalue weighted by Gasteiger charge is 2.24. The van der Waals surface area contributed by atoms with Gasteiger partial charge in [-0.15, -0.1) is 0 Å². The van der Waals surface area contributed by atoms with E-state index in [1.54, 1.807) is 0 Å². The highest BCUT2D eigenvalue weighted by molar-refractivity contribution is 6.23. The van der Waals surface area contributed by atoms with E-state index < -0.39 is 23.8 Å². The van der Waals surface area contributed by atoms with Crippen LogP contribution in [0.4, 0.5) is 0 Å². The molecule has 0 aliphatic heterocycles. The summed E-state index contributed by atoms with van der Waals surface area (Å²) in [5.41, 5.74) is 4.40. The predicted octanol–water partition coefficient (Wildman–Crippen LogP) is 0.695. The minimum atomic E-state index is -1.37. The molecule has 2 aromatic rings. The maximum atomic E-state index is 12.0. The van der Waals surface area contributed by atoms with Crippen LogP contribution < -0.4 is 11.1 Å². The summed E-state index contributed by atoms with van der Waals surface area (Å²) in [5.74, 6) is -4.28. The number of carbonyl (C=O) groups excluding carboxylic acids is 2. The molecule has 23 heavy (non-hydrogen) atoms. The minimum Gasteiger partial charge on any atom is -0.478 e. The number of benzene rings is 2. The van der Waals surface area contributed by atoms with Crippen molar-refractivity contribution in [2.24, 2.45) is 5.73 Å². The Labute approximate surface area is 129 Å². The molecule has 0 atom stereocenters. The molecule has 0 heterocycles. The fourth-order valence-corrected chi connectivity index (χ4v) is 2.38. The summed E-state index contributed by atoms with van der Waals surface area (Å²) in [6.45, 7) is 0. The number of nitrogens with one attached hydrogen (secondary N) is 1. The van der Waals surface area contributed by atoms with Gasteiger partial charge in [-0.2, -0.15) is 0 Å². The molecule has 118 valence electrons. The van der Waals surface area contributed by atoms with Crippen molar-refractivity contribution in [3.63, 3.8) is 0 Å². The monoisotopic (exact) mass is 316 g/mol. The third-order valence-electron chi connectivity index (χ3n) is 3.36. The van der Waals surface area contributed by atoms with E-state index in [9.17, 15) is 29.4 Å². The van der Waals surface area contributed by atoms with E-state index in [0.717, 1.165) is 18.2 Å². The Kier molecular flexibility index (Phi) is 4.00. The van der Waals surface area contributed by atoms with Crippen LogP contribution in [0, 0.1) is 0 Å². The number of amides is 2. The van der Waals surface area contributed by atoms with E-state index in [4.69, 9.17) is 5.73 Å². The van der Waals surface area contributed by atoms with Crippen molar-refractivity contribution in [1.29, 1.82) is 0 Å². The smallest absolute Gasteiger partial charge is 0.336 e. The second-order valence-corrected chi connectivity index (χ2v) is 4.63. The Hall–Kier alpha value is -3.42. The van der Waals surface area contributed by atoms with Gasteiger partial charge in [-0.25, -0.2) is 9.59 Å². The van der Waals surface area contributed by atoms with Gasteiger partial charge in [-0.1, -0.05) is 0 Å². The van der Waals surface area contributed by atoms with Gasteiger partial charge in [0.15, 0.2) is 0 Å². The highest BCUT2D eigenvalue weighted by Crippen LogP contribution is 2.30. The number of fused-ring (bicyclic) bond motifs is 1. The highest BCUT2D eigenvalue weighted by atomic mass is 16.4. The van der Waals surface area contributed by atoms with Gasteiger partial charge in [0.25, 0.3) is 5.91 Å². The van der Waals surface area contributed by atoms with Crippen molar-refractivity contribution in [1.82, 2.24) is 5.32 Å². The van der Waals surface area contributed by atoms with E-state index in [1.807, 2.05) is 0 Å². The van der Waals surface area contributed by atoms with E-state index in [-0.39, 0.29) is 33.0 Å². The maximum absolute atomic E-state index is 12.0. The Bertz CT molecular complexity index is 852. The Morgan fingerprint density at radius 3 is 1.61 bits per heavy atom. The summed E-state index contributed by atoms with van der Waals surface area (Å²) >= 11 is 0. The molecule has 0 fully saturated rings. The zero-order valence-electron chi connectivity index (χ0n) is 11.9. The number of primary amides is 1.